The molecule has 1 N–H and O–H groups in total. The first-order chi connectivity index (χ1) is 8.16. The van der Waals surface area contributed by atoms with Gasteiger partial charge in [-0.15, -0.1) is 0 Å². The Hall–Kier alpha value is -1.35. The van der Waals surface area contributed by atoms with Crippen LogP contribution in [0.3, 0.4) is 0 Å². The Balaban J connectivity index is 2.18. The molecule has 17 heavy (non-hydrogen) atoms. The monoisotopic (exact) mass is 231 g/mol. The predicted octanol–water partition coefficient (Wildman–Crippen LogP) is 1.93. The van der Waals surface area contributed by atoms with Gasteiger partial charge in [-0.2, -0.15) is 0 Å². The van der Waals surface area contributed by atoms with Crippen LogP contribution in [0.25, 0.3) is 0 Å². The van der Waals surface area contributed by atoms with Crippen LogP contribution in [-0.4, -0.2) is 19.1 Å². The lowest BCUT2D eigenvalue weighted by atomic mass is 9.71. The second-order valence-electron chi connectivity index (χ2n) is 5.19. The summed E-state index contributed by atoms with van der Waals surface area (Å²) in [4.78, 5) is 12.0. The van der Waals surface area contributed by atoms with Crippen LogP contribution < -0.4 is 5.32 Å². The SMILES string of the molecule is CC1CNCC(C)C12OC(=O)c1ccccc12. The molecule has 1 aromatic carbocycles. The number of rotatable bonds is 0. The highest BCUT2D eigenvalue weighted by atomic mass is 16.6. The maximum Gasteiger partial charge on any atom is 0.339 e. The third-order valence-corrected chi connectivity index (χ3v) is 4.19. The zero-order valence-corrected chi connectivity index (χ0v) is 10.2. The molecule has 0 aliphatic carbocycles. The Labute approximate surface area is 101 Å². The van der Waals surface area contributed by atoms with Gasteiger partial charge in [-0.25, -0.2) is 4.79 Å². The van der Waals surface area contributed by atoms with E-state index < -0.39 is 5.60 Å². The first-order valence-electron chi connectivity index (χ1n) is 6.20. The van der Waals surface area contributed by atoms with E-state index in [4.69, 9.17) is 4.74 Å². The lowest BCUT2D eigenvalue weighted by Gasteiger charge is -2.44. The number of hydrogen-bond donors (Lipinski definition) is 1. The van der Waals surface area contributed by atoms with Crippen molar-refractivity contribution in [3.63, 3.8) is 0 Å². The summed E-state index contributed by atoms with van der Waals surface area (Å²) >= 11 is 0. The molecule has 1 fully saturated rings. The van der Waals surface area contributed by atoms with E-state index in [1.54, 1.807) is 0 Å². The van der Waals surface area contributed by atoms with Crippen LogP contribution in [-0.2, 0) is 10.3 Å². The Bertz CT molecular complexity index is 459. The zero-order valence-electron chi connectivity index (χ0n) is 10.2. The van der Waals surface area contributed by atoms with E-state index in [1.807, 2.05) is 24.3 Å². The normalized spacial score (nSPS) is 35.8. The van der Waals surface area contributed by atoms with Crippen LogP contribution in [0, 0.1) is 11.8 Å². The van der Waals surface area contributed by atoms with Crippen molar-refractivity contribution < 1.29 is 9.53 Å². The molecule has 0 bridgehead atoms. The topological polar surface area (TPSA) is 38.3 Å². The molecule has 2 aliphatic heterocycles. The molecule has 1 saturated heterocycles. The van der Waals surface area contributed by atoms with Crippen molar-refractivity contribution >= 4 is 5.97 Å². The molecule has 0 radical (unpaired) electrons. The minimum Gasteiger partial charge on any atom is -0.450 e. The zero-order chi connectivity index (χ0) is 12.0. The van der Waals surface area contributed by atoms with Crippen LogP contribution in [0.15, 0.2) is 24.3 Å². The average molecular weight is 231 g/mol. The van der Waals surface area contributed by atoms with Gasteiger partial charge in [0.05, 0.1) is 5.56 Å². The highest BCUT2D eigenvalue weighted by Crippen LogP contribution is 2.48. The molecule has 2 heterocycles. The van der Waals surface area contributed by atoms with Crippen LogP contribution in [0.5, 0.6) is 0 Å². The van der Waals surface area contributed by atoms with Gasteiger partial charge in [-0.1, -0.05) is 32.0 Å². The number of carbonyl (C=O) groups excluding carboxylic acids is 1. The standard InChI is InChI=1S/C14H17NO2/c1-9-7-15-8-10(2)14(9)12-6-4-3-5-11(12)13(16)17-14/h3-6,9-10,15H,7-8H2,1-2H3. The van der Waals surface area contributed by atoms with Crippen molar-refractivity contribution in [1.29, 1.82) is 0 Å². The lowest BCUT2D eigenvalue weighted by molar-refractivity contribution is -0.0853. The van der Waals surface area contributed by atoms with E-state index in [-0.39, 0.29) is 5.97 Å². The lowest BCUT2D eigenvalue weighted by Crippen LogP contribution is -2.53. The fourth-order valence-corrected chi connectivity index (χ4v) is 3.30. The van der Waals surface area contributed by atoms with Crippen LogP contribution in [0.2, 0.25) is 0 Å². The number of fused-ring (bicyclic) bond motifs is 2. The van der Waals surface area contributed by atoms with E-state index in [1.165, 1.54) is 0 Å². The number of nitrogens with one attached hydrogen (secondary N) is 1. The van der Waals surface area contributed by atoms with Crippen LogP contribution >= 0.6 is 0 Å². The largest absolute Gasteiger partial charge is 0.450 e. The van der Waals surface area contributed by atoms with E-state index >= 15 is 0 Å². The molecule has 3 nitrogen and oxygen atoms in total. The second-order valence-corrected chi connectivity index (χ2v) is 5.19. The first kappa shape index (κ1) is 10.8. The van der Waals surface area contributed by atoms with E-state index in [9.17, 15) is 4.79 Å². The van der Waals surface area contributed by atoms with Gasteiger partial charge in [0.15, 0.2) is 0 Å². The smallest absolute Gasteiger partial charge is 0.339 e. The fourth-order valence-electron chi connectivity index (χ4n) is 3.30. The Morgan fingerprint density at radius 3 is 2.59 bits per heavy atom. The van der Waals surface area contributed by atoms with Gasteiger partial charge < -0.3 is 10.1 Å². The van der Waals surface area contributed by atoms with Crippen molar-refractivity contribution in [3.8, 4) is 0 Å². The third kappa shape index (κ3) is 1.29. The van der Waals surface area contributed by atoms with Gasteiger partial charge in [0.2, 0.25) is 0 Å². The highest BCUT2D eigenvalue weighted by Gasteiger charge is 2.54. The summed E-state index contributed by atoms with van der Waals surface area (Å²) in [7, 11) is 0. The summed E-state index contributed by atoms with van der Waals surface area (Å²) in [6.45, 7) is 6.09. The molecule has 1 spiro atoms. The third-order valence-electron chi connectivity index (χ3n) is 4.19. The molecule has 3 heteroatoms. The van der Waals surface area contributed by atoms with Crippen molar-refractivity contribution in [2.45, 2.75) is 19.4 Å². The number of piperidine rings is 1. The molecular weight excluding hydrogens is 214 g/mol. The van der Waals surface area contributed by atoms with E-state index in [0.29, 0.717) is 11.8 Å². The Morgan fingerprint density at radius 1 is 1.24 bits per heavy atom. The predicted molar refractivity (Wildman–Crippen MR) is 64.7 cm³/mol. The van der Waals surface area contributed by atoms with Gasteiger partial charge in [0.25, 0.3) is 0 Å². The second kappa shape index (κ2) is 3.57. The van der Waals surface area contributed by atoms with Crippen LogP contribution in [0.4, 0.5) is 0 Å². The summed E-state index contributed by atoms with van der Waals surface area (Å²) in [5, 5.41) is 3.39. The summed E-state index contributed by atoms with van der Waals surface area (Å²) < 4.78 is 5.81. The van der Waals surface area contributed by atoms with E-state index in [2.05, 4.69) is 19.2 Å². The van der Waals surface area contributed by atoms with E-state index in [0.717, 1.165) is 24.2 Å². The first-order valence-corrected chi connectivity index (χ1v) is 6.20. The Kier molecular flexibility index (Phi) is 2.26. The summed E-state index contributed by atoms with van der Waals surface area (Å²) in [6, 6.07) is 7.80. The van der Waals surface area contributed by atoms with Gasteiger partial charge in [-0.05, 0) is 6.07 Å². The molecule has 2 unspecified atom stereocenters. The minimum atomic E-state index is -0.418. The van der Waals surface area contributed by atoms with Gasteiger partial charge in [0.1, 0.15) is 5.60 Å². The van der Waals surface area contributed by atoms with Gasteiger partial charge >= 0.3 is 5.97 Å². The van der Waals surface area contributed by atoms with Crippen LogP contribution in [0.1, 0.15) is 29.8 Å². The number of benzene rings is 1. The number of ether oxygens (including phenoxy) is 1. The number of hydrogen-bond acceptors (Lipinski definition) is 3. The molecule has 0 aromatic heterocycles. The minimum absolute atomic E-state index is 0.166. The molecular formula is C14H17NO2. The van der Waals surface area contributed by atoms with Crippen molar-refractivity contribution in [1.82, 2.24) is 5.32 Å². The Morgan fingerprint density at radius 2 is 1.88 bits per heavy atom. The quantitative estimate of drug-likeness (QED) is 0.693. The number of esters is 1. The molecule has 1 aromatic rings. The summed E-state index contributed by atoms with van der Waals surface area (Å²) in [6.07, 6.45) is 0. The maximum absolute atomic E-state index is 12.0. The summed E-state index contributed by atoms with van der Waals surface area (Å²) in [5.74, 6) is 0.443. The highest BCUT2D eigenvalue weighted by molar-refractivity contribution is 5.94. The molecule has 3 rings (SSSR count). The maximum atomic E-state index is 12.0. The van der Waals surface area contributed by atoms with Crippen molar-refractivity contribution in [2.75, 3.05) is 13.1 Å². The molecule has 90 valence electrons. The molecule has 0 saturated carbocycles. The average Bonchev–Trinajstić information content (AvgIpc) is 2.63. The molecule has 2 aliphatic rings. The fraction of sp³-hybridized carbons (Fsp3) is 0.500. The van der Waals surface area contributed by atoms with Crippen molar-refractivity contribution in [2.24, 2.45) is 11.8 Å². The number of carbonyl (C=O) groups is 1. The van der Waals surface area contributed by atoms with Crippen molar-refractivity contribution in [3.05, 3.63) is 35.4 Å². The molecule has 0 amide bonds. The summed E-state index contributed by atoms with van der Waals surface area (Å²) in [5.41, 5.74) is 1.40. The van der Waals surface area contributed by atoms with Gasteiger partial charge in [-0.3, -0.25) is 0 Å². The van der Waals surface area contributed by atoms with Gasteiger partial charge in [0, 0.05) is 30.5 Å². The molecule has 2 atom stereocenters.